The maximum Gasteiger partial charge on any atom is 0.323 e. The zero-order valence-corrected chi connectivity index (χ0v) is 14.0. The Bertz CT molecular complexity index is 700. The minimum Gasteiger partial charge on any atom is -0.480 e. The summed E-state index contributed by atoms with van der Waals surface area (Å²) in [6.07, 6.45) is 6.51. The maximum absolute atomic E-state index is 11.2. The Labute approximate surface area is 142 Å². The number of rotatable bonds is 5. The molecule has 0 aromatic carbocycles. The molecule has 24 heavy (non-hydrogen) atoms. The first-order chi connectivity index (χ1) is 11.6. The summed E-state index contributed by atoms with van der Waals surface area (Å²) in [5.41, 5.74) is 2.33. The lowest BCUT2D eigenvalue weighted by Gasteiger charge is -2.25. The van der Waals surface area contributed by atoms with Gasteiger partial charge in [-0.2, -0.15) is 10.5 Å². The summed E-state index contributed by atoms with van der Waals surface area (Å²) in [6, 6.07) is 4.27. The molecule has 0 bridgehead atoms. The van der Waals surface area contributed by atoms with Gasteiger partial charge in [0.15, 0.2) is 0 Å². The van der Waals surface area contributed by atoms with Crippen molar-refractivity contribution < 1.29 is 9.90 Å². The van der Waals surface area contributed by atoms with Crippen molar-refractivity contribution in [1.29, 1.82) is 10.5 Å². The molecular formula is C18H22N4O2. The molecule has 1 aromatic heterocycles. The van der Waals surface area contributed by atoms with Crippen LogP contribution in [0.25, 0.3) is 0 Å². The molecule has 6 heteroatoms. The summed E-state index contributed by atoms with van der Waals surface area (Å²) in [7, 11) is 0. The van der Waals surface area contributed by atoms with Crippen molar-refractivity contribution in [1.82, 2.24) is 4.98 Å². The monoisotopic (exact) mass is 326 g/mol. The Kier molecular flexibility index (Phi) is 6.14. The molecule has 0 atom stereocenters. The van der Waals surface area contributed by atoms with Gasteiger partial charge in [0.25, 0.3) is 0 Å². The first kappa shape index (κ1) is 17.7. The fraction of sp³-hybridized carbons (Fsp3) is 0.556. The van der Waals surface area contributed by atoms with Gasteiger partial charge in [-0.1, -0.05) is 19.8 Å². The van der Waals surface area contributed by atoms with E-state index in [1.807, 2.05) is 6.92 Å². The van der Waals surface area contributed by atoms with E-state index >= 15 is 0 Å². The number of pyridine rings is 1. The average molecular weight is 326 g/mol. The summed E-state index contributed by atoms with van der Waals surface area (Å²) >= 11 is 0. The van der Waals surface area contributed by atoms with Crippen molar-refractivity contribution in [3.05, 3.63) is 22.4 Å². The van der Waals surface area contributed by atoms with E-state index in [0.29, 0.717) is 17.9 Å². The number of aryl methyl sites for hydroxylation is 1. The Morgan fingerprint density at radius 3 is 2.42 bits per heavy atom. The van der Waals surface area contributed by atoms with Crippen LogP contribution in [0.5, 0.6) is 0 Å². The SMILES string of the molecule is CCCN(CC(=O)O)c1nc2c(c(C#N)c1C#N)CCCCCC2. The van der Waals surface area contributed by atoms with E-state index in [4.69, 9.17) is 5.11 Å². The molecule has 0 radical (unpaired) electrons. The molecular weight excluding hydrogens is 304 g/mol. The predicted octanol–water partition coefficient (Wildman–Crippen LogP) is 2.78. The van der Waals surface area contributed by atoms with Crippen LogP contribution in [-0.4, -0.2) is 29.1 Å². The third-order valence-corrected chi connectivity index (χ3v) is 4.30. The number of nitriles is 2. The van der Waals surface area contributed by atoms with Crippen LogP contribution in [-0.2, 0) is 17.6 Å². The molecule has 126 valence electrons. The van der Waals surface area contributed by atoms with Crippen molar-refractivity contribution in [2.75, 3.05) is 18.0 Å². The van der Waals surface area contributed by atoms with Gasteiger partial charge < -0.3 is 10.0 Å². The molecule has 0 amide bonds. The average Bonchev–Trinajstić information content (AvgIpc) is 2.53. The number of anilines is 1. The van der Waals surface area contributed by atoms with Crippen molar-refractivity contribution in [3.8, 4) is 12.1 Å². The smallest absolute Gasteiger partial charge is 0.323 e. The van der Waals surface area contributed by atoms with Gasteiger partial charge in [-0.05, 0) is 37.7 Å². The number of hydrogen-bond acceptors (Lipinski definition) is 5. The quantitative estimate of drug-likeness (QED) is 0.893. The van der Waals surface area contributed by atoms with E-state index in [2.05, 4.69) is 17.1 Å². The first-order valence-corrected chi connectivity index (χ1v) is 8.45. The van der Waals surface area contributed by atoms with E-state index < -0.39 is 5.97 Å². The Balaban J connectivity index is 2.62. The topological polar surface area (TPSA) is 101 Å². The van der Waals surface area contributed by atoms with Gasteiger partial charge in [-0.15, -0.1) is 0 Å². The van der Waals surface area contributed by atoms with Crippen molar-refractivity contribution in [2.45, 2.75) is 51.9 Å². The van der Waals surface area contributed by atoms with E-state index in [1.165, 1.54) is 0 Å². The number of nitrogens with zero attached hydrogens (tertiary/aromatic N) is 4. The maximum atomic E-state index is 11.2. The van der Waals surface area contributed by atoms with Gasteiger partial charge in [0, 0.05) is 12.2 Å². The molecule has 0 unspecified atom stereocenters. The van der Waals surface area contributed by atoms with E-state index in [-0.39, 0.29) is 12.1 Å². The van der Waals surface area contributed by atoms with Crippen LogP contribution in [0, 0.1) is 22.7 Å². The predicted molar refractivity (Wildman–Crippen MR) is 89.7 cm³/mol. The fourth-order valence-corrected chi connectivity index (χ4v) is 3.23. The van der Waals surface area contributed by atoms with Crippen LogP contribution >= 0.6 is 0 Å². The second kappa shape index (κ2) is 8.31. The molecule has 1 aliphatic rings. The van der Waals surface area contributed by atoms with Gasteiger partial charge in [0.2, 0.25) is 0 Å². The lowest BCUT2D eigenvalue weighted by atomic mass is 9.91. The third-order valence-electron chi connectivity index (χ3n) is 4.30. The fourth-order valence-electron chi connectivity index (χ4n) is 3.23. The molecule has 0 aliphatic heterocycles. The number of fused-ring (bicyclic) bond motifs is 1. The molecule has 1 heterocycles. The Morgan fingerprint density at radius 2 is 1.83 bits per heavy atom. The molecule has 1 N–H and O–H groups in total. The van der Waals surface area contributed by atoms with Gasteiger partial charge in [0.05, 0.1) is 5.56 Å². The van der Waals surface area contributed by atoms with Gasteiger partial charge in [-0.25, -0.2) is 4.98 Å². The molecule has 0 saturated heterocycles. The summed E-state index contributed by atoms with van der Waals surface area (Å²) < 4.78 is 0. The van der Waals surface area contributed by atoms with Crippen LogP contribution in [0.15, 0.2) is 0 Å². The lowest BCUT2D eigenvalue weighted by molar-refractivity contribution is -0.135. The normalized spacial score (nSPS) is 13.8. The van der Waals surface area contributed by atoms with Crippen LogP contribution in [0.4, 0.5) is 5.82 Å². The summed E-state index contributed by atoms with van der Waals surface area (Å²) in [6.45, 7) is 2.20. The van der Waals surface area contributed by atoms with Crippen LogP contribution in [0.2, 0.25) is 0 Å². The summed E-state index contributed by atoms with van der Waals surface area (Å²) in [5, 5.41) is 28.4. The minimum absolute atomic E-state index is 0.214. The lowest BCUT2D eigenvalue weighted by Crippen LogP contribution is -2.32. The third kappa shape index (κ3) is 3.83. The van der Waals surface area contributed by atoms with E-state index in [0.717, 1.165) is 56.2 Å². The Morgan fingerprint density at radius 1 is 1.17 bits per heavy atom. The van der Waals surface area contributed by atoms with Gasteiger partial charge in [0.1, 0.15) is 30.1 Å². The Hall–Kier alpha value is -2.60. The van der Waals surface area contributed by atoms with Gasteiger partial charge in [-0.3, -0.25) is 4.79 Å². The van der Waals surface area contributed by atoms with Crippen LogP contribution in [0.1, 0.15) is 61.4 Å². The molecule has 0 fully saturated rings. The number of aromatic nitrogens is 1. The molecule has 0 saturated carbocycles. The highest BCUT2D eigenvalue weighted by atomic mass is 16.4. The number of hydrogen-bond donors (Lipinski definition) is 1. The number of aliphatic carboxylic acids is 1. The zero-order chi connectivity index (χ0) is 17.5. The van der Waals surface area contributed by atoms with Crippen LogP contribution in [0.3, 0.4) is 0 Å². The number of carbonyl (C=O) groups is 1. The summed E-state index contributed by atoms with van der Waals surface area (Å²) in [4.78, 5) is 17.4. The van der Waals surface area contributed by atoms with E-state index in [1.54, 1.807) is 4.90 Å². The largest absolute Gasteiger partial charge is 0.480 e. The highest BCUT2D eigenvalue weighted by molar-refractivity contribution is 5.75. The molecule has 6 nitrogen and oxygen atoms in total. The van der Waals surface area contributed by atoms with E-state index in [9.17, 15) is 15.3 Å². The molecule has 1 aliphatic carbocycles. The zero-order valence-electron chi connectivity index (χ0n) is 14.0. The summed E-state index contributed by atoms with van der Waals surface area (Å²) in [5.74, 6) is -0.628. The highest BCUT2D eigenvalue weighted by Crippen LogP contribution is 2.30. The molecule has 2 rings (SSSR count). The van der Waals surface area contributed by atoms with Crippen molar-refractivity contribution in [2.24, 2.45) is 0 Å². The minimum atomic E-state index is -0.973. The van der Waals surface area contributed by atoms with Gasteiger partial charge >= 0.3 is 5.97 Å². The molecule has 1 aromatic rings. The second-order valence-corrected chi connectivity index (χ2v) is 6.06. The number of carboxylic acid groups (broad SMARTS) is 1. The number of carboxylic acids is 1. The van der Waals surface area contributed by atoms with Crippen molar-refractivity contribution in [3.63, 3.8) is 0 Å². The highest BCUT2D eigenvalue weighted by Gasteiger charge is 2.24. The molecule has 0 spiro atoms. The van der Waals surface area contributed by atoms with Crippen LogP contribution < -0.4 is 4.90 Å². The van der Waals surface area contributed by atoms with Crippen molar-refractivity contribution >= 4 is 11.8 Å². The second-order valence-electron chi connectivity index (χ2n) is 6.06. The standard InChI is InChI=1S/C18H22N4O2/c1-2-9-22(12-17(23)24)18-15(11-20)14(10-19)13-7-5-3-4-6-8-16(13)21-18/h2-9,12H2,1H3,(H,23,24). The first-order valence-electron chi connectivity index (χ1n) is 8.45.